The van der Waals surface area contributed by atoms with Gasteiger partial charge in [0.25, 0.3) is 5.91 Å². The highest BCUT2D eigenvalue weighted by Crippen LogP contribution is 2.15. The molecule has 0 atom stereocenters. The molecule has 7 nitrogen and oxygen atoms in total. The average molecular weight is 478 g/mol. The van der Waals surface area contributed by atoms with E-state index in [-0.39, 0.29) is 18.4 Å². The lowest BCUT2D eigenvalue weighted by Gasteiger charge is -2.28. The Bertz CT molecular complexity index is 1060. The summed E-state index contributed by atoms with van der Waals surface area (Å²) >= 11 is 0. The van der Waals surface area contributed by atoms with Crippen molar-refractivity contribution in [2.75, 3.05) is 33.4 Å². The summed E-state index contributed by atoms with van der Waals surface area (Å²) in [5, 5.41) is 0. The van der Waals surface area contributed by atoms with Crippen LogP contribution in [0.15, 0.2) is 72.9 Å². The Labute approximate surface area is 207 Å². The number of hydrogen-bond acceptors (Lipinski definition) is 4. The fraction of sp³-hybridized carbons (Fsp3) is 0.357. The van der Waals surface area contributed by atoms with E-state index >= 15 is 0 Å². The largest absolute Gasteiger partial charge is 0.497 e. The first kappa shape index (κ1) is 26.0. The topological polar surface area (TPSA) is 64.0 Å². The summed E-state index contributed by atoms with van der Waals surface area (Å²) in [6.45, 7) is 4.44. The molecular weight excluding hydrogens is 442 g/mol. The van der Waals surface area contributed by atoms with E-state index in [0.29, 0.717) is 50.6 Å². The highest BCUT2D eigenvalue weighted by Gasteiger charge is 2.23. The van der Waals surface area contributed by atoms with Crippen LogP contribution < -0.4 is 4.74 Å². The summed E-state index contributed by atoms with van der Waals surface area (Å²) in [6.07, 6.45) is 2.62. The van der Waals surface area contributed by atoms with E-state index in [2.05, 4.69) is 0 Å². The third-order valence-corrected chi connectivity index (χ3v) is 5.84. The van der Waals surface area contributed by atoms with Crippen LogP contribution in [0.25, 0.3) is 0 Å². The van der Waals surface area contributed by atoms with Crippen molar-refractivity contribution in [1.82, 2.24) is 14.4 Å². The van der Waals surface area contributed by atoms with Gasteiger partial charge in [-0.25, -0.2) is 0 Å². The number of aromatic nitrogens is 1. The van der Waals surface area contributed by atoms with Crippen LogP contribution in [0.2, 0.25) is 0 Å². The zero-order valence-corrected chi connectivity index (χ0v) is 20.9. The lowest BCUT2D eigenvalue weighted by atomic mass is 10.1. The number of amides is 2. The maximum Gasteiger partial charge on any atom is 0.254 e. The van der Waals surface area contributed by atoms with Crippen molar-refractivity contribution in [3.05, 3.63) is 89.7 Å². The summed E-state index contributed by atoms with van der Waals surface area (Å²) in [5.74, 6) is 0.390. The molecule has 7 heteroatoms. The van der Waals surface area contributed by atoms with Gasteiger partial charge >= 0.3 is 0 Å². The maximum atomic E-state index is 13.6. The molecular formula is C28H35N3O4. The van der Waals surface area contributed by atoms with E-state index in [0.717, 1.165) is 11.3 Å². The molecule has 0 unspecified atom stereocenters. The SMILES string of the molecule is CCOCCCN(CC(=O)N(Cc1ccccc1)Cc1cccn1C)C(=O)c1ccc(OC)cc1. The zero-order chi connectivity index (χ0) is 25.0. The van der Waals surface area contributed by atoms with Crippen molar-refractivity contribution in [3.63, 3.8) is 0 Å². The van der Waals surface area contributed by atoms with Crippen LogP contribution in [0.5, 0.6) is 5.75 Å². The first-order chi connectivity index (χ1) is 17.0. The first-order valence-corrected chi connectivity index (χ1v) is 11.9. The van der Waals surface area contributed by atoms with Crippen molar-refractivity contribution >= 4 is 11.8 Å². The molecule has 3 aromatic rings. The highest BCUT2D eigenvalue weighted by atomic mass is 16.5. The van der Waals surface area contributed by atoms with E-state index in [9.17, 15) is 9.59 Å². The molecule has 0 aliphatic carbocycles. The van der Waals surface area contributed by atoms with E-state index < -0.39 is 0 Å². The monoisotopic (exact) mass is 477 g/mol. The van der Waals surface area contributed by atoms with Gasteiger partial charge in [0, 0.05) is 50.8 Å². The van der Waals surface area contributed by atoms with Gasteiger partial charge in [0.1, 0.15) is 12.3 Å². The second kappa shape index (κ2) is 13.3. The molecule has 0 radical (unpaired) electrons. The number of methoxy groups -OCH3 is 1. The van der Waals surface area contributed by atoms with Crippen LogP contribution in [0.4, 0.5) is 0 Å². The average Bonchev–Trinajstić information content (AvgIpc) is 3.29. The predicted octanol–water partition coefficient (Wildman–Crippen LogP) is 4.13. The van der Waals surface area contributed by atoms with Gasteiger partial charge < -0.3 is 23.8 Å². The van der Waals surface area contributed by atoms with Gasteiger partial charge in [0.2, 0.25) is 5.91 Å². The first-order valence-electron chi connectivity index (χ1n) is 11.9. The molecule has 0 aliphatic heterocycles. The molecule has 0 saturated carbocycles. The molecule has 3 rings (SSSR count). The standard InChI is InChI=1S/C28H35N3O4/c1-4-35-19-9-18-30(28(33)24-13-15-26(34-3)16-14-24)22-27(32)31(20-23-10-6-5-7-11-23)21-25-12-8-17-29(25)2/h5-8,10-17H,4,9,18-22H2,1-3H3. The fourth-order valence-corrected chi connectivity index (χ4v) is 3.83. The van der Waals surface area contributed by atoms with E-state index in [1.807, 2.05) is 72.1 Å². The number of benzene rings is 2. The van der Waals surface area contributed by atoms with Gasteiger partial charge in [-0.15, -0.1) is 0 Å². The van der Waals surface area contributed by atoms with Gasteiger partial charge in [0.05, 0.1) is 13.7 Å². The van der Waals surface area contributed by atoms with Crippen LogP contribution >= 0.6 is 0 Å². The van der Waals surface area contributed by atoms with Crippen LogP contribution in [-0.2, 0) is 29.7 Å². The van der Waals surface area contributed by atoms with Gasteiger partial charge in [0.15, 0.2) is 0 Å². The quantitative estimate of drug-likeness (QED) is 0.347. The number of carbonyl (C=O) groups excluding carboxylic acids is 2. The van der Waals surface area contributed by atoms with E-state index in [1.54, 1.807) is 36.3 Å². The molecule has 0 N–H and O–H groups in total. The molecule has 0 aliphatic rings. The van der Waals surface area contributed by atoms with Crippen LogP contribution in [0, 0.1) is 0 Å². The number of hydrogen-bond donors (Lipinski definition) is 0. The van der Waals surface area contributed by atoms with E-state index in [1.165, 1.54) is 0 Å². The minimum atomic E-state index is -0.184. The second-order valence-electron chi connectivity index (χ2n) is 8.35. The molecule has 2 amide bonds. The second-order valence-corrected chi connectivity index (χ2v) is 8.35. The number of rotatable bonds is 13. The van der Waals surface area contributed by atoms with Crippen molar-refractivity contribution in [1.29, 1.82) is 0 Å². The lowest BCUT2D eigenvalue weighted by Crippen LogP contribution is -2.43. The van der Waals surface area contributed by atoms with E-state index in [4.69, 9.17) is 9.47 Å². The third kappa shape index (κ3) is 7.72. The Morgan fingerprint density at radius 3 is 2.29 bits per heavy atom. The fourth-order valence-electron chi connectivity index (χ4n) is 3.83. The van der Waals surface area contributed by atoms with Crippen molar-refractivity contribution in [2.45, 2.75) is 26.4 Å². The number of ether oxygens (including phenoxy) is 2. The predicted molar refractivity (Wildman–Crippen MR) is 136 cm³/mol. The summed E-state index contributed by atoms with van der Waals surface area (Å²) in [4.78, 5) is 30.4. The van der Waals surface area contributed by atoms with Gasteiger partial charge in [-0.3, -0.25) is 9.59 Å². The summed E-state index contributed by atoms with van der Waals surface area (Å²) in [6, 6.07) is 20.8. The maximum absolute atomic E-state index is 13.6. The third-order valence-electron chi connectivity index (χ3n) is 5.84. The van der Waals surface area contributed by atoms with Gasteiger partial charge in [-0.05, 0) is 55.3 Å². The van der Waals surface area contributed by atoms with Crippen molar-refractivity contribution in [2.24, 2.45) is 7.05 Å². The Morgan fingerprint density at radius 2 is 1.66 bits per heavy atom. The Morgan fingerprint density at radius 1 is 0.914 bits per heavy atom. The molecule has 1 aromatic heterocycles. The molecule has 0 fully saturated rings. The Balaban J connectivity index is 1.79. The minimum absolute atomic E-state index is 0.00571. The molecule has 0 saturated heterocycles. The molecule has 0 bridgehead atoms. The van der Waals surface area contributed by atoms with Crippen LogP contribution in [-0.4, -0.2) is 59.6 Å². The summed E-state index contributed by atoms with van der Waals surface area (Å²) in [5.41, 5.74) is 2.59. The smallest absolute Gasteiger partial charge is 0.254 e. The number of carbonyl (C=O) groups is 2. The normalized spacial score (nSPS) is 10.7. The van der Waals surface area contributed by atoms with Crippen LogP contribution in [0.1, 0.15) is 35.0 Å². The Kier molecular flexibility index (Phi) is 9.93. The highest BCUT2D eigenvalue weighted by molar-refractivity contribution is 5.96. The minimum Gasteiger partial charge on any atom is -0.497 e. The lowest BCUT2D eigenvalue weighted by molar-refractivity contribution is -0.133. The number of nitrogens with zero attached hydrogens (tertiary/aromatic N) is 3. The van der Waals surface area contributed by atoms with Crippen molar-refractivity contribution < 1.29 is 19.1 Å². The molecule has 0 spiro atoms. The van der Waals surface area contributed by atoms with Crippen LogP contribution in [0.3, 0.4) is 0 Å². The van der Waals surface area contributed by atoms with Crippen molar-refractivity contribution in [3.8, 4) is 5.75 Å². The molecule has 2 aromatic carbocycles. The Hall–Kier alpha value is -3.58. The summed E-state index contributed by atoms with van der Waals surface area (Å²) in [7, 11) is 3.55. The molecule has 35 heavy (non-hydrogen) atoms. The number of aryl methyl sites for hydroxylation is 1. The van der Waals surface area contributed by atoms with Gasteiger partial charge in [-0.2, -0.15) is 0 Å². The zero-order valence-electron chi connectivity index (χ0n) is 20.9. The molecule has 186 valence electrons. The molecule has 1 heterocycles. The van der Waals surface area contributed by atoms with Gasteiger partial charge in [-0.1, -0.05) is 30.3 Å². The summed E-state index contributed by atoms with van der Waals surface area (Å²) < 4.78 is 12.7.